The molecule has 3 aliphatic rings. The number of nitriles is 1. The van der Waals surface area contributed by atoms with Crippen LogP contribution in [0, 0.1) is 17.2 Å². The van der Waals surface area contributed by atoms with E-state index in [1.54, 1.807) is 0 Å². The molecule has 3 atom stereocenters. The molecular weight excluding hydrogens is 262 g/mol. The first-order valence-electron chi connectivity index (χ1n) is 8.78. The van der Waals surface area contributed by atoms with Gasteiger partial charge in [0.25, 0.3) is 0 Å². The summed E-state index contributed by atoms with van der Waals surface area (Å²) in [5, 5.41) is 13.4. The first kappa shape index (κ1) is 15.3. The fourth-order valence-corrected chi connectivity index (χ4v) is 4.11. The van der Waals surface area contributed by atoms with Crippen LogP contribution in [0.2, 0.25) is 0 Å². The molecule has 0 spiro atoms. The highest BCUT2D eigenvalue weighted by molar-refractivity contribution is 5.16. The minimum absolute atomic E-state index is 0.227. The molecule has 0 aromatic carbocycles. The molecule has 0 aromatic heterocycles. The lowest BCUT2D eigenvalue weighted by atomic mass is 9.85. The maximum atomic E-state index is 9.75. The minimum Gasteiger partial charge on any atom is -0.378 e. The van der Waals surface area contributed by atoms with Crippen molar-refractivity contribution >= 4 is 0 Å². The summed E-state index contributed by atoms with van der Waals surface area (Å²) < 4.78 is 5.59. The van der Waals surface area contributed by atoms with Crippen molar-refractivity contribution in [2.24, 2.45) is 5.92 Å². The van der Waals surface area contributed by atoms with Gasteiger partial charge in [-0.3, -0.25) is 10.2 Å². The summed E-state index contributed by atoms with van der Waals surface area (Å²) in [6, 6.07) is 3.86. The number of morpholine rings is 1. The van der Waals surface area contributed by atoms with Gasteiger partial charge in [0.05, 0.1) is 19.3 Å². The Bertz CT molecular complexity index is 390. The van der Waals surface area contributed by atoms with Crippen molar-refractivity contribution < 1.29 is 4.74 Å². The van der Waals surface area contributed by atoms with E-state index in [0.717, 1.165) is 45.6 Å². The predicted octanol–water partition coefficient (Wildman–Crippen LogP) is 2.30. The number of rotatable bonds is 6. The van der Waals surface area contributed by atoms with Crippen molar-refractivity contribution in [1.82, 2.24) is 10.2 Å². The summed E-state index contributed by atoms with van der Waals surface area (Å²) in [4.78, 5) is 2.58. The van der Waals surface area contributed by atoms with Gasteiger partial charge in [0.1, 0.15) is 5.54 Å². The van der Waals surface area contributed by atoms with Crippen LogP contribution in [-0.2, 0) is 4.74 Å². The van der Waals surface area contributed by atoms with E-state index in [9.17, 15) is 5.26 Å². The molecule has 3 rings (SSSR count). The van der Waals surface area contributed by atoms with Crippen LogP contribution in [0.4, 0.5) is 0 Å². The van der Waals surface area contributed by atoms with Gasteiger partial charge in [-0.2, -0.15) is 5.26 Å². The summed E-state index contributed by atoms with van der Waals surface area (Å²) in [7, 11) is 0. The second-order valence-electron chi connectivity index (χ2n) is 7.05. The number of nitrogens with one attached hydrogen (secondary N) is 1. The molecule has 1 heterocycles. The maximum absolute atomic E-state index is 9.75. The fraction of sp³-hybridized carbons (Fsp3) is 0.941. The van der Waals surface area contributed by atoms with Crippen molar-refractivity contribution in [3.63, 3.8) is 0 Å². The van der Waals surface area contributed by atoms with Gasteiger partial charge in [0, 0.05) is 18.6 Å². The molecule has 4 nitrogen and oxygen atoms in total. The van der Waals surface area contributed by atoms with Crippen molar-refractivity contribution in [3.05, 3.63) is 0 Å². The highest BCUT2D eigenvalue weighted by atomic mass is 16.5. The van der Waals surface area contributed by atoms with Gasteiger partial charge in [0.2, 0.25) is 0 Å². The van der Waals surface area contributed by atoms with Crippen LogP contribution in [-0.4, -0.2) is 48.8 Å². The van der Waals surface area contributed by atoms with E-state index < -0.39 is 0 Å². The molecule has 2 aliphatic carbocycles. The third-order valence-corrected chi connectivity index (χ3v) is 5.64. The number of nitrogens with zero attached hydrogens (tertiary/aromatic N) is 2. The Kier molecular flexibility index (Phi) is 4.83. The van der Waals surface area contributed by atoms with Gasteiger partial charge >= 0.3 is 0 Å². The molecule has 3 unspecified atom stereocenters. The molecule has 0 radical (unpaired) electrons. The summed E-state index contributed by atoms with van der Waals surface area (Å²) in [6.45, 7) is 6.18. The van der Waals surface area contributed by atoms with Crippen molar-refractivity contribution in [3.8, 4) is 6.07 Å². The fourth-order valence-electron chi connectivity index (χ4n) is 4.11. The predicted molar refractivity (Wildman–Crippen MR) is 82.9 cm³/mol. The molecule has 118 valence electrons. The highest BCUT2D eigenvalue weighted by Crippen LogP contribution is 2.40. The van der Waals surface area contributed by atoms with Gasteiger partial charge in [-0.1, -0.05) is 13.3 Å². The van der Waals surface area contributed by atoms with E-state index >= 15 is 0 Å². The Labute approximate surface area is 128 Å². The zero-order chi connectivity index (χ0) is 14.7. The van der Waals surface area contributed by atoms with Gasteiger partial charge < -0.3 is 4.74 Å². The molecule has 1 saturated heterocycles. The second kappa shape index (κ2) is 6.64. The quantitative estimate of drug-likeness (QED) is 0.816. The summed E-state index contributed by atoms with van der Waals surface area (Å²) in [5.41, 5.74) is -0.227. The summed E-state index contributed by atoms with van der Waals surface area (Å²) >= 11 is 0. The first-order valence-corrected chi connectivity index (χ1v) is 8.78. The van der Waals surface area contributed by atoms with Crippen LogP contribution < -0.4 is 5.32 Å². The van der Waals surface area contributed by atoms with Crippen LogP contribution in [0.15, 0.2) is 0 Å². The molecule has 0 amide bonds. The third-order valence-electron chi connectivity index (χ3n) is 5.64. The lowest BCUT2D eigenvalue weighted by molar-refractivity contribution is -0.0116. The van der Waals surface area contributed by atoms with Gasteiger partial charge in [-0.15, -0.1) is 0 Å². The Morgan fingerprint density at radius 2 is 2.24 bits per heavy atom. The molecule has 0 bridgehead atoms. The number of hydrogen-bond donors (Lipinski definition) is 1. The summed E-state index contributed by atoms with van der Waals surface area (Å²) in [5.74, 6) is 0.531. The van der Waals surface area contributed by atoms with Crippen molar-refractivity contribution in [2.45, 2.75) is 69.5 Å². The van der Waals surface area contributed by atoms with Crippen LogP contribution in [0.5, 0.6) is 0 Å². The molecule has 1 N–H and O–H groups in total. The zero-order valence-corrected chi connectivity index (χ0v) is 13.3. The van der Waals surface area contributed by atoms with E-state index in [1.165, 1.54) is 25.7 Å². The number of ether oxygens (including phenoxy) is 1. The van der Waals surface area contributed by atoms with Gasteiger partial charge in [-0.05, 0) is 51.0 Å². The zero-order valence-electron chi connectivity index (χ0n) is 13.3. The Morgan fingerprint density at radius 1 is 1.38 bits per heavy atom. The second-order valence-corrected chi connectivity index (χ2v) is 7.05. The molecule has 2 saturated carbocycles. The summed E-state index contributed by atoms with van der Waals surface area (Å²) in [6.07, 6.45) is 8.31. The maximum Gasteiger partial charge on any atom is 0.109 e. The largest absolute Gasteiger partial charge is 0.378 e. The SMILES string of the molecule is CCC1COCCN1CCC1CCCC1(C#N)NC1CC1. The molecule has 1 aliphatic heterocycles. The Balaban J connectivity index is 1.56. The lowest BCUT2D eigenvalue weighted by Crippen LogP contribution is -2.50. The van der Waals surface area contributed by atoms with E-state index in [4.69, 9.17) is 4.74 Å². The molecular formula is C17H29N3O. The monoisotopic (exact) mass is 291 g/mol. The molecule has 4 heteroatoms. The first-order chi connectivity index (χ1) is 10.3. The van der Waals surface area contributed by atoms with Crippen molar-refractivity contribution in [2.75, 3.05) is 26.3 Å². The normalized spacial score (nSPS) is 37.5. The van der Waals surface area contributed by atoms with Crippen LogP contribution in [0.25, 0.3) is 0 Å². The lowest BCUT2D eigenvalue weighted by Gasteiger charge is -2.37. The average Bonchev–Trinajstić information content (AvgIpc) is 3.24. The van der Waals surface area contributed by atoms with E-state index in [2.05, 4.69) is 23.2 Å². The Hall–Kier alpha value is -0.630. The van der Waals surface area contributed by atoms with Crippen LogP contribution >= 0.6 is 0 Å². The van der Waals surface area contributed by atoms with E-state index in [1.807, 2.05) is 0 Å². The van der Waals surface area contributed by atoms with Crippen LogP contribution in [0.1, 0.15) is 51.9 Å². The Morgan fingerprint density at radius 3 is 2.95 bits per heavy atom. The van der Waals surface area contributed by atoms with Crippen molar-refractivity contribution in [1.29, 1.82) is 5.26 Å². The minimum atomic E-state index is -0.227. The number of hydrogen-bond acceptors (Lipinski definition) is 4. The standard InChI is InChI=1S/C17H29N3O/c1-2-16-12-21-11-10-20(16)9-7-14-4-3-8-17(14,13-18)19-15-5-6-15/h14-16,19H,2-12H2,1H3. The van der Waals surface area contributed by atoms with Gasteiger partial charge in [-0.25, -0.2) is 0 Å². The molecule has 0 aromatic rings. The van der Waals surface area contributed by atoms with E-state index in [-0.39, 0.29) is 5.54 Å². The van der Waals surface area contributed by atoms with Gasteiger partial charge in [0.15, 0.2) is 0 Å². The molecule has 3 fully saturated rings. The highest BCUT2D eigenvalue weighted by Gasteiger charge is 2.46. The third kappa shape index (κ3) is 3.41. The topological polar surface area (TPSA) is 48.3 Å². The van der Waals surface area contributed by atoms with E-state index in [0.29, 0.717) is 18.0 Å². The molecule has 21 heavy (non-hydrogen) atoms. The average molecular weight is 291 g/mol. The smallest absolute Gasteiger partial charge is 0.109 e. The van der Waals surface area contributed by atoms with Crippen LogP contribution in [0.3, 0.4) is 0 Å².